The van der Waals surface area contributed by atoms with Gasteiger partial charge in [-0.15, -0.1) is 0 Å². The highest BCUT2D eigenvalue weighted by Crippen LogP contribution is 2.32. The third kappa shape index (κ3) is 2.37. The van der Waals surface area contributed by atoms with Crippen LogP contribution in [0.2, 0.25) is 0 Å². The summed E-state index contributed by atoms with van der Waals surface area (Å²) in [5, 5.41) is 9.53. The topological polar surface area (TPSA) is 20.2 Å². The summed E-state index contributed by atoms with van der Waals surface area (Å²) < 4.78 is 0. The Kier molecular flexibility index (Phi) is 2.56. The average molecular weight is 186 g/mol. The molecule has 2 rings (SSSR count). The molecule has 1 fully saturated rings. The van der Waals surface area contributed by atoms with E-state index in [0.717, 1.165) is 18.4 Å². The van der Waals surface area contributed by atoms with Crippen LogP contribution in [-0.2, 0) is 0 Å². The minimum absolute atomic E-state index is 0.420. The molecule has 0 spiro atoms. The molecule has 1 aliphatic carbocycles. The number of hydrogen-bond donors (Lipinski definition) is 1. The van der Waals surface area contributed by atoms with Crippen molar-refractivity contribution >= 4 is 0 Å². The average Bonchev–Trinajstić information content (AvgIpc) is 3.00. The van der Waals surface area contributed by atoms with Gasteiger partial charge in [0.25, 0.3) is 0 Å². The number of rotatable bonds is 1. The molecule has 1 aromatic carbocycles. The van der Waals surface area contributed by atoms with E-state index in [4.69, 9.17) is 0 Å². The zero-order chi connectivity index (χ0) is 9.97. The lowest BCUT2D eigenvalue weighted by atomic mass is 10.1. The molecule has 0 amide bonds. The van der Waals surface area contributed by atoms with Crippen LogP contribution in [0.3, 0.4) is 0 Å². The molecular formula is C13H14O. The molecule has 0 radical (unpaired) electrons. The minimum atomic E-state index is -0.420. The number of benzene rings is 1. The number of aryl methyl sites for hydroxylation is 1. The van der Waals surface area contributed by atoms with Crippen LogP contribution in [0.5, 0.6) is 0 Å². The van der Waals surface area contributed by atoms with E-state index in [9.17, 15) is 5.11 Å². The molecule has 1 nitrogen and oxygen atoms in total. The Labute approximate surface area is 84.8 Å². The van der Waals surface area contributed by atoms with Gasteiger partial charge in [-0.25, -0.2) is 0 Å². The summed E-state index contributed by atoms with van der Waals surface area (Å²) in [4.78, 5) is 0. The summed E-state index contributed by atoms with van der Waals surface area (Å²) in [5.74, 6) is 6.32. The highest BCUT2D eigenvalue weighted by Gasteiger charge is 2.28. The van der Waals surface area contributed by atoms with Crippen LogP contribution in [-0.4, -0.2) is 11.2 Å². The van der Waals surface area contributed by atoms with Crippen molar-refractivity contribution in [2.75, 3.05) is 0 Å². The summed E-state index contributed by atoms with van der Waals surface area (Å²) in [6.45, 7) is 2.05. The van der Waals surface area contributed by atoms with E-state index in [1.165, 1.54) is 5.56 Å². The Morgan fingerprint density at radius 3 is 2.50 bits per heavy atom. The molecular weight excluding hydrogens is 172 g/mol. The molecule has 1 heteroatoms. The smallest absolute Gasteiger partial charge is 0.117 e. The zero-order valence-corrected chi connectivity index (χ0v) is 8.33. The van der Waals surface area contributed by atoms with Crippen molar-refractivity contribution in [1.82, 2.24) is 0 Å². The molecule has 72 valence electrons. The van der Waals surface area contributed by atoms with Gasteiger partial charge in [0.2, 0.25) is 0 Å². The highest BCUT2D eigenvalue weighted by molar-refractivity contribution is 5.36. The van der Waals surface area contributed by atoms with Crippen molar-refractivity contribution in [2.24, 2.45) is 5.92 Å². The van der Waals surface area contributed by atoms with Crippen molar-refractivity contribution in [1.29, 1.82) is 0 Å². The second-order valence-electron chi connectivity index (χ2n) is 3.92. The van der Waals surface area contributed by atoms with Crippen molar-refractivity contribution in [3.8, 4) is 11.8 Å². The predicted octanol–water partition coefficient (Wildman–Crippen LogP) is 2.12. The maximum atomic E-state index is 9.53. The number of hydrogen-bond acceptors (Lipinski definition) is 1. The molecule has 0 saturated heterocycles. The maximum Gasteiger partial charge on any atom is 0.117 e. The van der Waals surface area contributed by atoms with Crippen LogP contribution < -0.4 is 0 Å². The molecule has 1 atom stereocenters. The van der Waals surface area contributed by atoms with Crippen LogP contribution in [0, 0.1) is 24.7 Å². The molecule has 1 N–H and O–H groups in total. The number of aliphatic hydroxyl groups excluding tert-OH is 1. The van der Waals surface area contributed by atoms with Crippen LogP contribution in [0.25, 0.3) is 0 Å². The molecule has 1 saturated carbocycles. The van der Waals surface area contributed by atoms with E-state index in [0.29, 0.717) is 5.92 Å². The van der Waals surface area contributed by atoms with Crippen molar-refractivity contribution < 1.29 is 5.11 Å². The summed E-state index contributed by atoms with van der Waals surface area (Å²) in [7, 11) is 0. The van der Waals surface area contributed by atoms with Gasteiger partial charge in [0.15, 0.2) is 0 Å². The summed E-state index contributed by atoms with van der Waals surface area (Å²) in [6.07, 6.45) is 1.84. The first-order valence-electron chi connectivity index (χ1n) is 5.02. The Balaban J connectivity index is 2.04. The molecule has 0 heterocycles. The van der Waals surface area contributed by atoms with Gasteiger partial charge in [0.1, 0.15) is 6.10 Å². The quantitative estimate of drug-likeness (QED) is 0.666. The second kappa shape index (κ2) is 3.86. The van der Waals surface area contributed by atoms with Gasteiger partial charge in [-0.2, -0.15) is 0 Å². The van der Waals surface area contributed by atoms with Gasteiger partial charge in [0, 0.05) is 5.56 Å². The Morgan fingerprint density at radius 2 is 1.93 bits per heavy atom. The van der Waals surface area contributed by atoms with E-state index in [-0.39, 0.29) is 0 Å². The van der Waals surface area contributed by atoms with Crippen LogP contribution >= 0.6 is 0 Å². The third-order valence-corrected chi connectivity index (χ3v) is 2.48. The van der Waals surface area contributed by atoms with Gasteiger partial charge in [-0.1, -0.05) is 29.5 Å². The fourth-order valence-electron chi connectivity index (χ4n) is 1.32. The fraction of sp³-hybridized carbons (Fsp3) is 0.385. The lowest BCUT2D eigenvalue weighted by molar-refractivity contribution is 0.209. The minimum Gasteiger partial charge on any atom is -0.380 e. The van der Waals surface area contributed by atoms with Crippen LogP contribution in [0.4, 0.5) is 0 Å². The van der Waals surface area contributed by atoms with Gasteiger partial charge in [0.05, 0.1) is 0 Å². The highest BCUT2D eigenvalue weighted by atomic mass is 16.3. The van der Waals surface area contributed by atoms with Crippen molar-refractivity contribution in [2.45, 2.75) is 25.9 Å². The Hall–Kier alpha value is -1.26. The molecule has 14 heavy (non-hydrogen) atoms. The zero-order valence-electron chi connectivity index (χ0n) is 8.33. The Bertz CT molecular complexity index is 362. The van der Waals surface area contributed by atoms with Gasteiger partial charge >= 0.3 is 0 Å². The standard InChI is InChI=1S/C13H14O/c1-10-2-4-11(5-3-10)6-9-13(14)12-7-8-12/h2-5,12-14H,7-8H2,1H3. The fourth-order valence-corrected chi connectivity index (χ4v) is 1.32. The molecule has 0 bridgehead atoms. The normalized spacial score (nSPS) is 17.0. The van der Waals surface area contributed by atoms with E-state index in [2.05, 4.69) is 18.8 Å². The molecule has 0 aromatic heterocycles. The maximum absolute atomic E-state index is 9.53. The van der Waals surface area contributed by atoms with E-state index < -0.39 is 6.10 Å². The summed E-state index contributed by atoms with van der Waals surface area (Å²) >= 11 is 0. The van der Waals surface area contributed by atoms with E-state index in [1.54, 1.807) is 0 Å². The lowest BCUT2D eigenvalue weighted by Crippen LogP contribution is -2.04. The van der Waals surface area contributed by atoms with Crippen LogP contribution in [0.15, 0.2) is 24.3 Å². The van der Waals surface area contributed by atoms with Gasteiger partial charge in [-0.05, 0) is 37.8 Å². The SMILES string of the molecule is Cc1ccc(C#CC(O)C2CC2)cc1. The first-order chi connectivity index (χ1) is 6.75. The van der Waals surface area contributed by atoms with E-state index in [1.807, 2.05) is 24.3 Å². The summed E-state index contributed by atoms with van der Waals surface area (Å²) in [6, 6.07) is 8.05. The molecule has 0 aliphatic heterocycles. The van der Waals surface area contributed by atoms with Crippen molar-refractivity contribution in [3.63, 3.8) is 0 Å². The monoisotopic (exact) mass is 186 g/mol. The molecule has 1 aromatic rings. The largest absolute Gasteiger partial charge is 0.380 e. The molecule has 1 aliphatic rings. The second-order valence-corrected chi connectivity index (χ2v) is 3.92. The third-order valence-electron chi connectivity index (χ3n) is 2.48. The predicted molar refractivity (Wildman–Crippen MR) is 56.8 cm³/mol. The number of aliphatic hydroxyl groups is 1. The first-order valence-corrected chi connectivity index (χ1v) is 5.02. The summed E-state index contributed by atoms with van der Waals surface area (Å²) in [5.41, 5.74) is 2.22. The van der Waals surface area contributed by atoms with Crippen LogP contribution in [0.1, 0.15) is 24.0 Å². The van der Waals surface area contributed by atoms with Gasteiger partial charge in [-0.3, -0.25) is 0 Å². The molecule has 1 unspecified atom stereocenters. The van der Waals surface area contributed by atoms with Gasteiger partial charge < -0.3 is 5.11 Å². The first kappa shape index (κ1) is 9.30. The van der Waals surface area contributed by atoms with E-state index >= 15 is 0 Å². The lowest BCUT2D eigenvalue weighted by Gasteiger charge is -1.97. The van der Waals surface area contributed by atoms with Crippen molar-refractivity contribution in [3.05, 3.63) is 35.4 Å². The Morgan fingerprint density at radius 1 is 1.29 bits per heavy atom.